The molecular formula is C18H18N2O. The number of hydrogen-bond donors (Lipinski definition) is 1. The molecule has 2 aromatic carbocycles. The van der Waals surface area contributed by atoms with Crippen molar-refractivity contribution in [2.75, 3.05) is 5.32 Å². The largest absolute Gasteiger partial charge is 0.324 e. The van der Waals surface area contributed by atoms with Gasteiger partial charge in [-0.25, -0.2) is 0 Å². The van der Waals surface area contributed by atoms with E-state index in [1.165, 1.54) is 0 Å². The fourth-order valence-electron chi connectivity index (χ4n) is 2.50. The van der Waals surface area contributed by atoms with E-state index in [1.54, 1.807) is 12.1 Å². The number of benzene rings is 2. The second-order valence-corrected chi connectivity index (χ2v) is 5.24. The third-order valence-corrected chi connectivity index (χ3v) is 3.45. The molecule has 0 aliphatic rings. The number of aryl methyl sites for hydroxylation is 3. The lowest BCUT2D eigenvalue weighted by atomic mass is 9.99. The molecule has 0 saturated heterocycles. The van der Waals surface area contributed by atoms with Gasteiger partial charge in [0.2, 0.25) is 5.91 Å². The first-order chi connectivity index (χ1) is 10.0. The Morgan fingerprint density at radius 1 is 1.10 bits per heavy atom. The number of hydrogen-bond acceptors (Lipinski definition) is 2. The zero-order valence-corrected chi connectivity index (χ0v) is 12.5. The Bertz CT molecular complexity index is 676. The van der Waals surface area contributed by atoms with E-state index >= 15 is 0 Å². The van der Waals surface area contributed by atoms with E-state index in [2.05, 4.69) is 11.4 Å². The minimum Gasteiger partial charge on any atom is -0.324 e. The number of nitrogens with one attached hydrogen (secondary N) is 1. The van der Waals surface area contributed by atoms with Crippen molar-refractivity contribution in [3.05, 3.63) is 64.7 Å². The zero-order valence-electron chi connectivity index (χ0n) is 12.5. The molecule has 0 spiro atoms. The molecule has 0 fully saturated rings. The first kappa shape index (κ1) is 14.8. The van der Waals surface area contributed by atoms with Crippen LogP contribution in [-0.2, 0) is 4.79 Å². The second-order valence-electron chi connectivity index (χ2n) is 5.24. The molecule has 0 aliphatic carbocycles. The average Bonchev–Trinajstić information content (AvgIpc) is 2.45. The molecule has 1 amide bonds. The minimum absolute atomic E-state index is 0.293. The van der Waals surface area contributed by atoms with E-state index < -0.39 is 5.92 Å². The Morgan fingerprint density at radius 3 is 2.19 bits per heavy atom. The van der Waals surface area contributed by atoms with Gasteiger partial charge in [-0.2, -0.15) is 5.26 Å². The second kappa shape index (κ2) is 6.23. The highest BCUT2D eigenvalue weighted by atomic mass is 16.1. The standard InChI is InChI=1S/C18H18N2O/c1-12-9-13(2)17(14(3)10-12)20-18(21)16(11-19)15-7-5-4-6-8-15/h4-10,16H,1-3H3,(H,20,21). The van der Waals surface area contributed by atoms with Crippen LogP contribution in [0.4, 0.5) is 5.69 Å². The molecule has 0 bridgehead atoms. The Morgan fingerprint density at radius 2 is 1.67 bits per heavy atom. The predicted octanol–water partition coefficient (Wildman–Crippen LogP) is 3.86. The Labute approximate surface area is 125 Å². The third-order valence-electron chi connectivity index (χ3n) is 3.45. The number of nitrogens with zero attached hydrogens (tertiary/aromatic N) is 1. The Hall–Kier alpha value is -2.60. The summed E-state index contributed by atoms with van der Waals surface area (Å²) >= 11 is 0. The molecule has 2 aromatic rings. The van der Waals surface area contributed by atoms with Gasteiger partial charge in [-0.1, -0.05) is 48.0 Å². The summed E-state index contributed by atoms with van der Waals surface area (Å²) in [6.07, 6.45) is 0. The third kappa shape index (κ3) is 3.29. The van der Waals surface area contributed by atoms with Crippen molar-refractivity contribution >= 4 is 11.6 Å². The molecule has 21 heavy (non-hydrogen) atoms. The van der Waals surface area contributed by atoms with E-state index in [9.17, 15) is 10.1 Å². The van der Waals surface area contributed by atoms with Crippen molar-refractivity contribution in [3.63, 3.8) is 0 Å². The van der Waals surface area contributed by atoms with Crippen LogP contribution in [0, 0.1) is 32.1 Å². The van der Waals surface area contributed by atoms with Crippen molar-refractivity contribution in [2.45, 2.75) is 26.7 Å². The van der Waals surface area contributed by atoms with Crippen molar-refractivity contribution in [1.82, 2.24) is 0 Å². The van der Waals surface area contributed by atoms with Gasteiger partial charge in [0.1, 0.15) is 0 Å². The molecule has 0 aromatic heterocycles. The van der Waals surface area contributed by atoms with Gasteiger partial charge < -0.3 is 5.32 Å². The normalized spacial score (nSPS) is 11.5. The van der Waals surface area contributed by atoms with Crippen LogP contribution < -0.4 is 5.32 Å². The van der Waals surface area contributed by atoms with Gasteiger partial charge in [0, 0.05) is 5.69 Å². The van der Waals surface area contributed by atoms with E-state index in [1.807, 2.05) is 51.1 Å². The predicted molar refractivity (Wildman–Crippen MR) is 84.1 cm³/mol. The molecule has 1 N–H and O–H groups in total. The molecule has 3 heteroatoms. The summed E-state index contributed by atoms with van der Waals surface area (Å²) < 4.78 is 0. The van der Waals surface area contributed by atoms with Crippen molar-refractivity contribution in [2.24, 2.45) is 0 Å². The molecular weight excluding hydrogens is 260 g/mol. The van der Waals surface area contributed by atoms with Gasteiger partial charge in [-0.3, -0.25) is 4.79 Å². The monoisotopic (exact) mass is 278 g/mol. The summed E-state index contributed by atoms with van der Waals surface area (Å²) in [5, 5.41) is 12.2. The number of nitriles is 1. The van der Waals surface area contributed by atoms with Gasteiger partial charge in [0.15, 0.2) is 5.92 Å². The summed E-state index contributed by atoms with van der Waals surface area (Å²) in [4.78, 5) is 12.4. The van der Waals surface area contributed by atoms with Crippen LogP contribution in [-0.4, -0.2) is 5.91 Å². The van der Waals surface area contributed by atoms with Gasteiger partial charge in [0.05, 0.1) is 6.07 Å². The number of rotatable bonds is 3. The van der Waals surface area contributed by atoms with Crippen LogP contribution >= 0.6 is 0 Å². The Balaban J connectivity index is 2.28. The summed E-state index contributed by atoms with van der Waals surface area (Å²) in [5.74, 6) is -1.09. The highest BCUT2D eigenvalue weighted by molar-refractivity contribution is 5.98. The maximum atomic E-state index is 12.4. The average molecular weight is 278 g/mol. The quantitative estimate of drug-likeness (QED) is 0.927. The van der Waals surface area contributed by atoms with Crippen LogP contribution in [0.1, 0.15) is 28.2 Å². The van der Waals surface area contributed by atoms with Gasteiger partial charge in [0.25, 0.3) is 0 Å². The number of amides is 1. The highest BCUT2D eigenvalue weighted by Crippen LogP contribution is 2.24. The number of carbonyl (C=O) groups is 1. The van der Waals surface area contributed by atoms with E-state index in [0.717, 1.165) is 22.4 Å². The number of carbonyl (C=O) groups excluding carboxylic acids is 1. The lowest BCUT2D eigenvalue weighted by Crippen LogP contribution is -2.21. The van der Waals surface area contributed by atoms with Crippen molar-refractivity contribution in [1.29, 1.82) is 5.26 Å². The summed E-state index contributed by atoms with van der Waals surface area (Å²) in [6, 6.07) is 15.2. The smallest absolute Gasteiger partial charge is 0.246 e. The summed E-state index contributed by atoms with van der Waals surface area (Å²) in [5.41, 5.74) is 4.67. The van der Waals surface area contributed by atoms with Crippen molar-refractivity contribution < 1.29 is 4.79 Å². The first-order valence-electron chi connectivity index (χ1n) is 6.86. The number of anilines is 1. The topological polar surface area (TPSA) is 52.9 Å². The maximum Gasteiger partial charge on any atom is 0.246 e. The molecule has 0 aliphatic heterocycles. The first-order valence-corrected chi connectivity index (χ1v) is 6.86. The molecule has 2 rings (SSSR count). The molecule has 3 nitrogen and oxygen atoms in total. The molecule has 1 atom stereocenters. The van der Waals surface area contributed by atoms with Crippen LogP contribution in [0.5, 0.6) is 0 Å². The van der Waals surface area contributed by atoms with Gasteiger partial charge >= 0.3 is 0 Å². The lowest BCUT2D eigenvalue weighted by Gasteiger charge is -2.15. The Kier molecular flexibility index (Phi) is 4.39. The van der Waals surface area contributed by atoms with E-state index in [4.69, 9.17) is 0 Å². The van der Waals surface area contributed by atoms with Crippen LogP contribution in [0.25, 0.3) is 0 Å². The van der Waals surface area contributed by atoms with Crippen LogP contribution in [0.2, 0.25) is 0 Å². The fraction of sp³-hybridized carbons (Fsp3) is 0.222. The lowest BCUT2D eigenvalue weighted by molar-refractivity contribution is -0.116. The minimum atomic E-state index is -0.800. The molecule has 0 radical (unpaired) electrons. The van der Waals surface area contributed by atoms with Crippen molar-refractivity contribution in [3.8, 4) is 6.07 Å². The SMILES string of the molecule is Cc1cc(C)c(NC(=O)C(C#N)c2ccccc2)c(C)c1. The van der Waals surface area contributed by atoms with Gasteiger partial charge in [-0.05, 0) is 37.5 Å². The fourth-order valence-corrected chi connectivity index (χ4v) is 2.50. The molecule has 0 heterocycles. The molecule has 1 unspecified atom stereocenters. The van der Waals surface area contributed by atoms with E-state index in [-0.39, 0.29) is 5.91 Å². The summed E-state index contributed by atoms with van der Waals surface area (Å²) in [6.45, 7) is 5.94. The maximum absolute atomic E-state index is 12.4. The highest BCUT2D eigenvalue weighted by Gasteiger charge is 2.21. The van der Waals surface area contributed by atoms with E-state index in [0.29, 0.717) is 5.56 Å². The summed E-state index contributed by atoms with van der Waals surface area (Å²) in [7, 11) is 0. The molecule has 106 valence electrons. The zero-order chi connectivity index (χ0) is 15.4. The van der Waals surface area contributed by atoms with Crippen LogP contribution in [0.15, 0.2) is 42.5 Å². The molecule has 0 saturated carbocycles. The van der Waals surface area contributed by atoms with Gasteiger partial charge in [-0.15, -0.1) is 0 Å². The van der Waals surface area contributed by atoms with Crippen LogP contribution in [0.3, 0.4) is 0 Å².